The van der Waals surface area contributed by atoms with Gasteiger partial charge in [0.1, 0.15) is 11.6 Å². The van der Waals surface area contributed by atoms with Gasteiger partial charge in [-0.2, -0.15) is 0 Å². The number of hydrogen-bond acceptors (Lipinski definition) is 2. The molecule has 2 rings (SSSR count). The summed E-state index contributed by atoms with van der Waals surface area (Å²) < 4.78 is 27.2. The maximum atomic E-state index is 13.6. The van der Waals surface area contributed by atoms with Gasteiger partial charge >= 0.3 is 7.69 Å². The van der Waals surface area contributed by atoms with Gasteiger partial charge in [-0.15, -0.1) is 0 Å². The zero-order valence-electron chi connectivity index (χ0n) is 11.9. The SMILES string of the molecule is CCCCc1ccc(-c2c(F)cccc2F)cc1.O[B]O. The molecule has 0 saturated carbocycles. The monoisotopic (exact) mass is 291 g/mol. The summed E-state index contributed by atoms with van der Waals surface area (Å²) in [4.78, 5) is 0. The minimum absolute atomic E-state index is 0. The molecule has 0 spiro atoms. The standard InChI is InChI=1S/C16H16F2.BH2O2/c1-2-3-5-12-8-10-13(11-9-12)16-14(17)6-4-7-15(16)18;2-1-3/h4,6-11H,2-3,5H2,1H3;2-3H. The van der Waals surface area contributed by atoms with Gasteiger partial charge in [0.25, 0.3) is 0 Å². The van der Waals surface area contributed by atoms with Gasteiger partial charge in [0.05, 0.1) is 5.56 Å². The third-order valence-electron chi connectivity index (χ3n) is 3.02. The van der Waals surface area contributed by atoms with Gasteiger partial charge in [-0.25, -0.2) is 8.78 Å². The van der Waals surface area contributed by atoms with Crippen molar-refractivity contribution in [1.29, 1.82) is 0 Å². The first kappa shape index (κ1) is 17.3. The Hall–Kier alpha value is -1.72. The lowest BCUT2D eigenvalue weighted by Crippen LogP contribution is -1.90. The molecule has 111 valence electrons. The summed E-state index contributed by atoms with van der Waals surface area (Å²) in [5, 5.41) is 14.0. The summed E-state index contributed by atoms with van der Waals surface area (Å²) in [6.07, 6.45) is 3.29. The average Bonchev–Trinajstić information content (AvgIpc) is 2.47. The Labute approximate surface area is 124 Å². The number of unbranched alkanes of at least 4 members (excludes halogenated alkanes) is 1. The third kappa shape index (κ3) is 5.29. The predicted molar refractivity (Wildman–Crippen MR) is 80.6 cm³/mol. The topological polar surface area (TPSA) is 40.5 Å². The van der Waals surface area contributed by atoms with Crippen LogP contribution < -0.4 is 0 Å². The van der Waals surface area contributed by atoms with Gasteiger partial charge in [-0.3, -0.25) is 0 Å². The number of rotatable bonds is 4. The van der Waals surface area contributed by atoms with Crippen molar-refractivity contribution in [2.24, 2.45) is 0 Å². The highest BCUT2D eigenvalue weighted by molar-refractivity contribution is 6.13. The Morgan fingerprint density at radius 3 is 1.95 bits per heavy atom. The first-order valence-electron chi connectivity index (χ1n) is 6.77. The van der Waals surface area contributed by atoms with Crippen molar-refractivity contribution >= 4 is 7.69 Å². The molecule has 0 amide bonds. The molecule has 0 fully saturated rings. The van der Waals surface area contributed by atoms with Crippen molar-refractivity contribution in [1.82, 2.24) is 0 Å². The molecule has 2 aromatic carbocycles. The fraction of sp³-hybridized carbons (Fsp3) is 0.250. The van der Waals surface area contributed by atoms with Gasteiger partial charge in [-0.1, -0.05) is 43.7 Å². The molecule has 0 saturated heterocycles. The third-order valence-corrected chi connectivity index (χ3v) is 3.02. The lowest BCUT2D eigenvalue weighted by Gasteiger charge is -2.06. The maximum Gasteiger partial charge on any atom is 0.482 e. The summed E-state index contributed by atoms with van der Waals surface area (Å²) in [6, 6.07) is 11.4. The van der Waals surface area contributed by atoms with Crippen LogP contribution in [-0.4, -0.2) is 17.7 Å². The van der Waals surface area contributed by atoms with E-state index in [4.69, 9.17) is 10.0 Å². The van der Waals surface area contributed by atoms with Gasteiger partial charge in [0.15, 0.2) is 0 Å². The van der Waals surface area contributed by atoms with Crippen molar-refractivity contribution < 1.29 is 18.8 Å². The highest BCUT2D eigenvalue weighted by Gasteiger charge is 2.10. The van der Waals surface area contributed by atoms with Crippen molar-refractivity contribution in [3.05, 3.63) is 59.7 Å². The maximum absolute atomic E-state index is 13.6. The summed E-state index contributed by atoms with van der Waals surface area (Å²) >= 11 is 0. The fourth-order valence-electron chi connectivity index (χ4n) is 1.99. The highest BCUT2D eigenvalue weighted by Crippen LogP contribution is 2.26. The number of aryl methyl sites for hydroxylation is 1. The molecule has 2 N–H and O–H groups in total. The summed E-state index contributed by atoms with van der Waals surface area (Å²) in [6.45, 7) is 2.14. The van der Waals surface area contributed by atoms with Crippen LogP contribution in [0.25, 0.3) is 11.1 Å². The van der Waals surface area contributed by atoms with Crippen LogP contribution >= 0.6 is 0 Å². The van der Waals surface area contributed by atoms with Crippen LogP contribution in [0.4, 0.5) is 8.78 Å². The Morgan fingerprint density at radius 1 is 0.952 bits per heavy atom. The van der Waals surface area contributed by atoms with Crippen LogP contribution in [0.2, 0.25) is 0 Å². The van der Waals surface area contributed by atoms with E-state index in [0.717, 1.165) is 19.3 Å². The van der Waals surface area contributed by atoms with Crippen LogP contribution in [0, 0.1) is 11.6 Å². The molecule has 0 heterocycles. The van der Waals surface area contributed by atoms with Crippen LogP contribution in [-0.2, 0) is 6.42 Å². The molecule has 2 aromatic rings. The molecule has 0 atom stereocenters. The fourth-order valence-corrected chi connectivity index (χ4v) is 1.99. The smallest absolute Gasteiger partial charge is 0.429 e. The highest BCUT2D eigenvalue weighted by atomic mass is 19.1. The first-order valence-corrected chi connectivity index (χ1v) is 6.77. The van der Waals surface area contributed by atoms with Crippen LogP contribution in [0.1, 0.15) is 25.3 Å². The minimum atomic E-state index is -0.517. The molecular formula is C16H18BF2O2. The molecule has 2 nitrogen and oxygen atoms in total. The van der Waals surface area contributed by atoms with E-state index in [0.29, 0.717) is 5.56 Å². The Balaban J connectivity index is 0.000000677. The molecule has 0 aliphatic carbocycles. The van der Waals surface area contributed by atoms with Crippen molar-refractivity contribution in [3.8, 4) is 11.1 Å². The normalized spacial score (nSPS) is 9.76. The number of benzene rings is 2. The second kappa shape index (κ2) is 9.26. The van der Waals surface area contributed by atoms with E-state index in [1.165, 1.54) is 23.8 Å². The van der Waals surface area contributed by atoms with Crippen molar-refractivity contribution in [2.45, 2.75) is 26.2 Å². The van der Waals surface area contributed by atoms with E-state index in [1.807, 2.05) is 12.1 Å². The zero-order chi connectivity index (χ0) is 15.7. The Morgan fingerprint density at radius 2 is 1.48 bits per heavy atom. The van der Waals surface area contributed by atoms with Gasteiger partial charge in [-0.05, 0) is 36.1 Å². The van der Waals surface area contributed by atoms with E-state index >= 15 is 0 Å². The second-order valence-electron chi connectivity index (χ2n) is 4.51. The summed E-state index contributed by atoms with van der Waals surface area (Å²) in [7, 11) is 0. The van der Waals surface area contributed by atoms with Crippen molar-refractivity contribution in [3.63, 3.8) is 0 Å². The van der Waals surface area contributed by atoms with Crippen molar-refractivity contribution in [2.75, 3.05) is 0 Å². The summed E-state index contributed by atoms with van der Waals surface area (Å²) in [5.41, 5.74) is 1.85. The summed E-state index contributed by atoms with van der Waals surface area (Å²) in [5.74, 6) is -1.03. The van der Waals surface area contributed by atoms with E-state index in [9.17, 15) is 8.78 Å². The Kier molecular flexibility index (Phi) is 7.65. The number of halogens is 2. The molecule has 0 aliphatic heterocycles. The predicted octanol–water partition coefficient (Wildman–Crippen LogP) is 3.48. The molecule has 21 heavy (non-hydrogen) atoms. The quantitative estimate of drug-likeness (QED) is 0.847. The molecule has 5 heteroatoms. The molecule has 0 aliphatic rings. The Bertz CT molecular complexity index is 524. The van der Waals surface area contributed by atoms with Crippen LogP contribution in [0.5, 0.6) is 0 Å². The lowest BCUT2D eigenvalue weighted by atomic mass is 10.0. The van der Waals surface area contributed by atoms with Crippen LogP contribution in [0.3, 0.4) is 0 Å². The molecular weight excluding hydrogens is 273 g/mol. The van der Waals surface area contributed by atoms with E-state index in [2.05, 4.69) is 6.92 Å². The van der Waals surface area contributed by atoms with E-state index in [1.54, 1.807) is 12.1 Å². The largest absolute Gasteiger partial charge is 0.482 e. The van der Waals surface area contributed by atoms with E-state index < -0.39 is 11.6 Å². The number of hydrogen-bond donors (Lipinski definition) is 2. The molecule has 0 aromatic heterocycles. The minimum Gasteiger partial charge on any atom is -0.429 e. The van der Waals surface area contributed by atoms with Gasteiger partial charge in [0.2, 0.25) is 0 Å². The first-order chi connectivity index (χ1) is 10.1. The van der Waals surface area contributed by atoms with E-state index in [-0.39, 0.29) is 13.2 Å². The molecule has 0 unspecified atom stereocenters. The van der Waals surface area contributed by atoms with Gasteiger partial charge in [0, 0.05) is 0 Å². The van der Waals surface area contributed by atoms with Crippen LogP contribution in [0.15, 0.2) is 42.5 Å². The average molecular weight is 291 g/mol. The lowest BCUT2D eigenvalue weighted by molar-refractivity contribution is 0.448. The molecule has 0 bridgehead atoms. The zero-order valence-corrected chi connectivity index (χ0v) is 11.9. The molecule has 1 radical (unpaired) electrons. The second-order valence-corrected chi connectivity index (χ2v) is 4.51. The van der Waals surface area contributed by atoms with Gasteiger partial charge < -0.3 is 10.0 Å².